The maximum absolute atomic E-state index is 9.82. The summed E-state index contributed by atoms with van der Waals surface area (Å²) in [5, 5.41) is 0.435. The molecule has 0 saturated carbocycles. The number of amides is 1. The van der Waals surface area contributed by atoms with Crippen LogP contribution in [0.15, 0.2) is 0 Å². The molecule has 40 valence electrons. The molecule has 0 N–H and O–H groups in total. The Balaban J connectivity index is 2.17. The molecule has 0 spiro atoms. The largest absolute Gasteiger partial charge is 0.343 e. The van der Waals surface area contributed by atoms with Gasteiger partial charge in [-0.15, -0.1) is 0 Å². The number of thiol groups is 1. The van der Waals surface area contributed by atoms with Crippen LogP contribution in [-0.4, -0.2) is 29.6 Å². The second kappa shape index (κ2) is 1.74. The molecule has 0 atom stereocenters. The van der Waals surface area contributed by atoms with Gasteiger partial charge in [0.05, 0.1) is 0 Å². The van der Waals surface area contributed by atoms with Crippen LogP contribution in [0.3, 0.4) is 0 Å². The summed E-state index contributed by atoms with van der Waals surface area (Å²) >= 11 is 4.10. The average Bonchev–Trinajstić information content (AvgIpc) is 1.58. The van der Waals surface area contributed by atoms with Crippen molar-refractivity contribution in [1.82, 2.24) is 4.90 Å². The Kier molecular flexibility index (Phi) is 1.23. The van der Waals surface area contributed by atoms with Crippen LogP contribution in [0.5, 0.6) is 0 Å². The number of hydrogen-bond donors (Lipinski definition) is 1. The summed E-state index contributed by atoms with van der Waals surface area (Å²) in [6.07, 6.45) is 0.854. The van der Waals surface area contributed by atoms with E-state index in [0.29, 0.717) is 5.25 Å². The maximum atomic E-state index is 9.82. The normalized spacial score (nSPS) is 21.6. The van der Waals surface area contributed by atoms with Gasteiger partial charge in [0.1, 0.15) is 0 Å². The van der Waals surface area contributed by atoms with Crippen LogP contribution in [0.25, 0.3) is 0 Å². The van der Waals surface area contributed by atoms with E-state index in [4.69, 9.17) is 0 Å². The minimum atomic E-state index is 0.435. The van der Waals surface area contributed by atoms with E-state index in [-0.39, 0.29) is 0 Å². The first kappa shape index (κ1) is 4.97. The van der Waals surface area contributed by atoms with Crippen molar-refractivity contribution in [3.8, 4) is 0 Å². The quantitative estimate of drug-likeness (QED) is 0.371. The molecule has 0 aromatic carbocycles. The third-order valence-electron chi connectivity index (χ3n) is 1.04. The molecule has 0 unspecified atom stereocenters. The molecule has 0 radical (unpaired) electrons. The fraction of sp³-hybridized carbons (Fsp3) is 0.750. The topological polar surface area (TPSA) is 20.3 Å². The molecule has 1 saturated heterocycles. The Morgan fingerprint density at radius 3 is 2.43 bits per heavy atom. The highest BCUT2D eigenvalue weighted by atomic mass is 32.1. The first-order valence-corrected chi connectivity index (χ1v) is 2.72. The molecule has 3 heteroatoms. The van der Waals surface area contributed by atoms with Crippen LogP contribution in [0.4, 0.5) is 0 Å². The highest BCUT2D eigenvalue weighted by Crippen LogP contribution is 2.09. The van der Waals surface area contributed by atoms with Crippen molar-refractivity contribution < 1.29 is 4.79 Å². The lowest BCUT2D eigenvalue weighted by molar-refractivity contribution is -0.120. The lowest BCUT2D eigenvalue weighted by atomic mass is 10.2. The van der Waals surface area contributed by atoms with Crippen LogP contribution in [-0.2, 0) is 4.79 Å². The fourth-order valence-corrected chi connectivity index (χ4v) is 0.993. The zero-order valence-electron chi connectivity index (χ0n) is 3.87. The number of carbonyl (C=O) groups is 1. The number of likely N-dealkylation sites (tertiary alicyclic amines) is 1. The van der Waals surface area contributed by atoms with E-state index in [1.165, 1.54) is 0 Å². The lowest BCUT2D eigenvalue weighted by Crippen LogP contribution is -2.46. The monoisotopic (exact) mass is 117 g/mol. The van der Waals surface area contributed by atoms with E-state index in [0.717, 1.165) is 19.5 Å². The molecular weight excluding hydrogens is 110 g/mol. The van der Waals surface area contributed by atoms with Crippen molar-refractivity contribution in [2.75, 3.05) is 13.1 Å². The minimum Gasteiger partial charge on any atom is -0.343 e. The summed E-state index contributed by atoms with van der Waals surface area (Å²) < 4.78 is 0. The first-order chi connectivity index (χ1) is 3.33. The van der Waals surface area contributed by atoms with E-state index in [1.54, 1.807) is 4.90 Å². The highest BCUT2D eigenvalue weighted by Gasteiger charge is 2.20. The van der Waals surface area contributed by atoms with Crippen molar-refractivity contribution in [2.24, 2.45) is 0 Å². The summed E-state index contributed by atoms with van der Waals surface area (Å²) in [6, 6.07) is 0. The summed E-state index contributed by atoms with van der Waals surface area (Å²) in [6.45, 7) is 1.65. The SMILES string of the molecule is O=CN1CC(S)C1. The molecule has 2 nitrogen and oxygen atoms in total. The van der Waals surface area contributed by atoms with Crippen LogP contribution >= 0.6 is 12.6 Å². The van der Waals surface area contributed by atoms with Gasteiger partial charge >= 0.3 is 0 Å². The third-order valence-corrected chi connectivity index (χ3v) is 1.37. The second-order valence-corrected chi connectivity index (χ2v) is 2.44. The van der Waals surface area contributed by atoms with E-state index in [2.05, 4.69) is 12.6 Å². The summed E-state index contributed by atoms with van der Waals surface area (Å²) in [5.41, 5.74) is 0. The molecule has 0 aromatic rings. The smallest absolute Gasteiger partial charge is 0.209 e. The van der Waals surface area contributed by atoms with Crippen LogP contribution in [0.2, 0.25) is 0 Å². The van der Waals surface area contributed by atoms with E-state index >= 15 is 0 Å². The van der Waals surface area contributed by atoms with Crippen molar-refractivity contribution in [3.05, 3.63) is 0 Å². The van der Waals surface area contributed by atoms with Gasteiger partial charge in [-0.25, -0.2) is 0 Å². The molecule has 1 amide bonds. The highest BCUT2D eigenvalue weighted by molar-refractivity contribution is 7.81. The predicted octanol–water partition coefficient (Wildman–Crippen LogP) is -0.243. The van der Waals surface area contributed by atoms with E-state index in [1.807, 2.05) is 0 Å². The van der Waals surface area contributed by atoms with Gasteiger partial charge in [-0.1, -0.05) is 0 Å². The summed E-state index contributed by atoms with van der Waals surface area (Å²) in [4.78, 5) is 11.5. The third kappa shape index (κ3) is 0.881. The number of carbonyl (C=O) groups excluding carboxylic acids is 1. The fourth-order valence-electron chi connectivity index (χ4n) is 0.574. The standard InChI is InChI=1S/C4H7NOS/c6-3-5-1-4(7)2-5/h3-4,7H,1-2H2. The molecule has 0 aliphatic carbocycles. The molecule has 1 fully saturated rings. The zero-order valence-corrected chi connectivity index (χ0v) is 4.77. The van der Waals surface area contributed by atoms with E-state index < -0.39 is 0 Å². The van der Waals surface area contributed by atoms with Crippen molar-refractivity contribution >= 4 is 19.0 Å². The average molecular weight is 117 g/mol. The lowest BCUT2D eigenvalue weighted by Gasteiger charge is -2.32. The van der Waals surface area contributed by atoms with Crippen LogP contribution in [0.1, 0.15) is 0 Å². The van der Waals surface area contributed by atoms with Gasteiger partial charge in [-0.05, 0) is 0 Å². The second-order valence-electron chi connectivity index (χ2n) is 1.71. The van der Waals surface area contributed by atoms with Gasteiger partial charge in [0.15, 0.2) is 0 Å². The summed E-state index contributed by atoms with van der Waals surface area (Å²) in [5.74, 6) is 0. The van der Waals surface area contributed by atoms with Gasteiger partial charge < -0.3 is 4.90 Å². The van der Waals surface area contributed by atoms with Gasteiger partial charge in [0.2, 0.25) is 6.41 Å². The Labute approximate surface area is 47.9 Å². The van der Waals surface area contributed by atoms with Gasteiger partial charge in [0.25, 0.3) is 0 Å². The Morgan fingerprint density at radius 2 is 2.29 bits per heavy atom. The molecular formula is C4H7NOS. The Bertz CT molecular complexity index is 79.8. The summed E-state index contributed by atoms with van der Waals surface area (Å²) in [7, 11) is 0. The molecule has 1 aliphatic heterocycles. The molecule has 0 aromatic heterocycles. The van der Waals surface area contributed by atoms with Gasteiger partial charge in [-0.2, -0.15) is 12.6 Å². The molecule has 0 bridgehead atoms. The van der Waals surface area contributed by atoms with Gasteiger partial charge in [-0.3, -0.25) is 4.79 Å². The number of nitrogens with zero attached hydrogens (tertiary/aromatic N) is 1. The molecule has 1 rings (SSSR count). The predicted molar refractivity (Wildman–Crippen MR) is 30.4 cm³/mol. The van der Waals surface area contributed by atoms with Crippen LogP contribution in [0, 0.1) is 0 Å². The Morgan fingerprint density at radius 1 is 1.71 bits per heavy atom. The van der Waals surface area contributed by atoms with Crippen LogP contribution < -0.4 is 0 Å². The first-order valence-electron chi connectivity index (χ1n) is 2.20. The number of rotatable bonds is 1. The zero-order chi connectivity index (χ0) is 5.28. The van der Waals surface area contributed by atoms with E-state index in [9.17, 15) is 4.79 Å². The van der Waals surface area contributed by atoms with Crippen molar-refractivity contribution in [1.29, 1.82) is 0 Å². The van der Waals surface area contributed by atoms with Gasteiger partial charge in [0, 0.05) is 18.3 Å². The maximum Gasteiger partial charge on any atom is 0.209 e. The Hall–Kier alpha value is -0.180. The molecule has 1 heterocycles. The van der Waals surface area contributed by atoms with Crippen molar-refractivity contribution in [3.63, 3.8) is 0 Å². The molecule has 1 aliphatic rings. The van der Waals surface area contributed by atoms with Crippen molar-refractivity contribution in [2.45, 2.75) is 5.25 Å². The molecule has 7 heavy (non-hydrogen) atoms. The minimum absolute atomic E-state index is 0.435. The number of hydrogen-bond acceptors (Lipinski definition) is 2.